The Labute approximate surface area is 406 Å². The van der Waals surface area contributed by atoms with Crippen molar-refractivity contribution >= 4 is 61.0 Å². The molecular formula is C52H58N8O9S. The van der Waals surface area contributed by atoms with E-state index in [9.17, 15) is 23.3 Å². The lowest BCUT2D eigenvalue weighted by Gasteiger charge is -2.56. The summed E-state index contributed by atoms with van der Waals surface area (Å²) in [5.41, 5.74) is 6.42. The highest BCUT2D eigenvalue weighted by Gasteiger charge is 2.50. The van der Waals surface area contributed by atoms with Crippen LogP contribution in [-0.4, -0.2) is 111 Å². The molecule has 366 valence electrons. The number of anilines is 4. The number of hydrogen-bond donors (Lipinski definition) is 3. The summed E-state index contributed by atoms with van der Waals surface area (Å²) in [6, 6.07) is 20.8. The Balaban J connectivity index is 0.832. The van der Waals surface area contributed by atoms with E-state index in [-0.39, 0.29) is 47.0 Å². The standard InChI is InChI=1S/C52H58N8O9S/c1-31(2)37-6-3-4-7-38(37)41-8-5-17-58(41)35-26-52(27-35)14-18-57(19-15-52)34-9-10-39(42(23-34)59-44-22-33-11-16-53-49(33)55-51(44)69-47-30-67-29-45(47)59)50(61)56-70(64,65)36-24-43(60(62)63)48-46(25-36)68-28-40(54-48)32-12-20-66-21-13-32/h3-4,6-7,9-11,16,22-25,32,35,40-41,45,47,54H,1,5,8,12-15,17-21,26-30H2,2H3,(H,53,55)(H,56,61)/t40-,41+,45+,47-/m1/s1. The molecule has 1 amide bonds. The minimum Gasteiger partial charge on any atom is -0.489 e. The molecule has 0 radical (unpaired) electrons. The van der Waals surface area contributed by atoms with Crippen LogP contribution in [0.15, 0.2) is 84.4 Å². The molecule has 0 unspecified atom stereocenters. The van der Waals surface area contributed by atoms with Gasteiger partial charge in [-0.15, -0.1) is 0 Å². The van der Waals surface area contributed by atoms with E-state index in [4.69, 9.17) is 23.9 Å². The molecule has 5 fully saturated rings. The molecule has 1 aliphatic carbocycles. The summed E-state index contributed by atoms with van der Waals surface area (Å²) >= 11 is 0. The highest BCUT2D eigenvalue weighted by molar-refractivity contribution is 7.90. The van der Waals surface area contributed by atoms with Crippen LogP contribution in [0.5, 0.6) is 11.6 Å². The number of ether oxygens (including phenoxy) is 4. The Morgan fingerprint density at radius 2 is 1.76 bits per heavy atom. The number of H-pyrrole nitrogens is 1. The highest BCUT2D eigenvalue weighted by Crippen LogP contribution is 2.55. The van der Waals surface area contributed by atoms with Crippen LogP contribution in [0.25, 0.3) is 16.6 Å². The Kier molecular flexibility index (Phi) is 11.3. The lowest BCUT2D eigenvalue weighted by Crippen LogP contribution is -2.55. The third-order valence-electron chi connectivity index (χ3n) is 16.3. The fraction of sp³-hybridized carbons (Fsp3) is 0.462. The maximum Gasteiger partial charge on any atom is 0.297 e. The smallest absolute Gasteiger partial charge is 0.297 e. The number of benzene rings is 3. The van der Waals surface area contributed by atoms with E-state index < -0.39 is 37.5 Å². The molecule has 3 N–H and O–H groups in total. The molecule has 4 atom stereocenters. The maximum absolute atomic E-state index is 14.7. The lowest BCUT2D eigenvalue weighted by atomic mass is 9.59. The Bertz CT molecular complexity index is 3010. The SMILES string of the molecule is C=C(C)c1ccccc1[C@@H]1CCCN1C1CC2(CCN(c3ccc(C(=O)NS(=O)(=O)c4cc5c(c([N+](=O)[O-])c4)N[C@@H](C4CCOCC4)CO5)c(N4c5cc6cc[nH]c6nc5O[C@@H]5COC[C@@H]54)c3)CC2)C1. The van der Waals surface area contributed by atoms with E-state index in [1.54, 1.807) is 12.3 Å². The molecule has 0 bridgehead atoms. The maximum atomic E-state index is 14.7. The number of allylic oxidation sites excluding steroid dienone is 1. The zero-order valence-corrected chi connectivity index (χ0v) is 40.0. The van der Waals surface area contributed by atoms with Crippen molar-refractivity contribution in [2.45, 2.75) is 93.5 Å². The van der Waals surface area contributed by atoms with Crippen LogP contribution < -0.4 is 29.3 Å². The van der Waals surface area contributed by atoms with E-state index in [1.807, 2.05) is 29.2 Å². The van der Waals surface area contributed by atoms with E-state index in [0.717, 1.165) is 74.5 Å². The van der Waals surface area contributed by atoms with Crippen LogP contribution in [-0.2, 0) is 19.5 Å². The van der Waals surface area contributed by atoms with Crippen LogP contribution in [0.3, 0.4) is 0 Å². The minimum atomic E-state index is -4.68. The third kappa shape index (κ3) is 7.92. The second-order valence-corrected chi connectivity index (χ2v) is 22.1. The predicted octanol–water partition coefficient (Wildman–Crippen LogP) is 8.11. The molecule has 17 nitrogen and oxygen atoms in total. The van der Waals surface area contributed by atoms with Crippen molar-refractivity contribution in [3.05, 3.63) is 106 Å². The average molecular weight is 971 g/mol. The van der Waals surface area contributed by atoms with Crippen LogP contribution in [0.2, 0.25) is 0 Å². The number of aromatic amines is 1. The molecule has 2 aromatic heterocycles. The molecule has 8 heterocycles. The van der Waals surface area contributed by atoms with Gasteiger partial charge in [0.25, 0.3) is 21.6 Å². The van der Waals surface area contributed by atoms with Gasteiger partial charge in [0.2, 0.25) is 5.88 Å². The number of rotatable bonds is 10. The van der Waals surface area contributed by atoms with Gasteiger partial charge in [0.05, 0.1) is 46.4 Å². The summed E-state index contributed by atoms with van der Waals surface area (Å²) in [5.74, 6) is -0.334. The summed E-state index contributed by atoms with van der Waals surface area (Å²) in [6.45, 7) is 11.1. The fourth-order valence-corrected chi connectivity index (χ4v) is 13.5. The van der Waals surface area contributed by atoms with Gasteiger partial charge in [0.1, 0.15) is 24.0 Å². The predicted molar refractivity (Wildman–Crippen MR) is 265 cm³/mol. The van der Waals surface area contributed by atoms with Gasteiger partial charge >= 0.3 is 0 Å². The molecule has 5 aromatic rings. The van der Waals surface area contributed by atoms with Gasteiger partial charge in [-0.05, 0) is 118 Å². The van der Waals surface area contributed by atoms with Gasteiger partial charge in [0, 0.05) is 67.8 Å². The number of fused-ring (bicyclic) bond motifs is 4. The van der Waals surface area contributed by atoms with Crippen molar-refractivity contribution in [3.63, 3.8) is 0 Å². The van der Waals surface area contributed by atoms with Gasteiger partial charge in [-0.3, -0.25) is 19.8 Å². The first-order valence-electron chi connectivity index (χ1n) is 24.7. The molecule has 1 spiro atoms. The largest absolute Gasteiger partial charge is 0.489 e. The van der Waals surface area contributed by atoms with E-state index in [1.165, 1.54) is 36.5 Å². The van der Waals surface area contributed by atoms with E-state index >= 15 is 0 Å². The Hall–Kier alpha value is -6.21. The minimum absolute atomic E-state index is 0.0292. The van der Waals surface area contributed by atoms with Gasteiger partial charge < -0.3 is 39.0 Å². The number of pyridine rings is 1. The molecule has 12 rings (SSSR count). The monoisotopic (exact) mass is 970 g/mol. The number of amides is 1. The zero-order valence-electron chi connectivity index (χ0n) is 39.2. The number of aromatic nitrogens is 2. The quantitative estimate of drug-likeness (QED) is 0.0898. The summed E-state index contributed by atoms with van der Waals surface area (Å²) < 4.78 is 54.8. The van der Waals surface area contributed by atoms with Crippen molar-refractivity contribution in [2.75, 3.05) is 67.8 Å². The second kappa shape index (κ2) is 17.6. The normalized spacial score (nSPS) is 24.5. The van der Waals surface area contributed by atoms with Crippen molar-refractivity contribution < 1.29 is 37.1 Å². The number of nitrogens with zero attached hydrogens (tertiary/aromatic N) is 5. The van der Waals surface area contributed by atoms with Crippen LogP contribution in [0, 0.1) is 21.4 Å². The summed E-state index contributed by atoms with van der Waals surface area (Å²) in [7, 11) is -4.68. The second-order valence-electron chi connectivity index (χ2n) is 20.4. The fourth-order valence-electron chi connectivity index (χ4n) is 12.5. The number of piperidine rings is 1. The van der Waals surface area contributed by atoms with Gasteiger partial charge in [0.15, 0.2) is 11.4 Å². The topological polar surface area (TPSA) is 194 Å². The molecule has 4 saturated heterocycles. The number of carbonyl (C=O) groups is 1. The van der Waals surface area contributed by atoms with Crippen LogP contribution in [0.1, 0.15) is 85.8 Å². The van der Waals surface area contributed by atoms with Gasteiger partial charge in [-0.1, -0.05) is 36.4 Å². The number of nitro benzene ring substituents is 1. The first-order chi connectivity index (χ1) is 33.9. The van der Waals surface area contributed by atoms with Crippen molar-refractivity contribution in [2.24, 2.45) is 11.3 Å². The van der Waals surface area contributed by atoms with E-state index in [2.05, 4.69) is 62.6 Å². The summed E-state index contributed by atoms with van der Waals surface area (Å²) in [4.78, 5) is 41.2. The number of likely N-dealkylation sites (tertiary alicyclic amines) is 1. The molecule has 6 aliphatic heterocycles. The lowest BCUT2D eigenvalue weighted by molar-refractivity contribution is -0.384. The number of sulfonamides is 1. The first kappa shape index (κ1) is 45.0. The molecule has 3 aromatic carbocycles. The molecule has 18 heteroatoms. The van der Waals surface area contributed by atoms with Gasteiger partial charge in [-0.25, -0.2) is 13.1 Å². The molecular weight excluding hydrogens is 913 g/mol. The van der Waals surface area contributed by atoms with Crippen molar-refractivity contribution in [3.8, 4) is 11.6 Å². The summed E-state index contributed by atoms with van der Waals surface area (Å²) in [5, 5.41) is 16.6. The summed E-state index contributed by atoms with van der Waals surface area (Å²) in [6.07, 6.45) is 9.72. The first-order valence-corrected chi connectivity index (χ1v) is 26.2. The number of nitrogens with one attached hydrogen (secondary N) is 3. The highest BCUT2D eigenvalue weighted by atomic mass is 32.2. The molecule has 70 heavy (non-hydrogen) atoms. The average Bonchev–Trinajstić information content (AvgIpc) is 4.16. The number of nitro groups is 1. The van der Waals surface area contributed by atoms with Crippen LogP contribution >= 0.6 is 0 Å². The zero-order chi connectivity index (χ0) is 47.9. The Morgan fingerprint density at radius 3 is 2.56 bits per heavy atom. The van der Waals surface area contributed by atoms with Crippen molar-refractivity contribution in [1.29, 1.82) is 0 Å². The van der Waals surface area contributed by atoms with Crippen molar-refractivity contribution in [1.82, 2.24) is 19.6 Å². The molecule has 7 aliphatic rings. The number of carbonyl (C=O) groups excluding carboxylic acids is 1. The van der Waals surface area contributed by atoms with E-state index in [0.29, 0.717) is 61.4 Å². The van der Waals surface area contributed by atoms with Gasteiger partial charge in [-0.2, -0.15) is 4.98 Å². The Morgan fingerprint density at radius 1 is 0.943 bits per heavy atom. The third-order valence-corrected chi connectivity index (χ3v) is 17.6. The number of hydrogen-bond acceptors (Lipinski definition) is 14. The van der Waals surface area contributed by atoms with Crippen LogP contribution in [0.4, 0.5) is 28.4 Å². The molecule has 1 saturated carbocycles.